The number of hydrogen-bond acceptors (Lipinski definition) is 8. The van der Waals surface area contributed by atoms with Crippen LogP contribution in [0.3, 0.4) is 0 Å². The average molecular weight is 306 g/mol. The molecule has 0 fully saturated rings. The summed E-state index contributed by atoms with van der Waals surface area (Å²) in [5, 5.41) is 7.06. The molecule has 0 saturated carbocycles. The number of aryl methyl sites for hydroxylation is 1. The zero-order valence-corrected chi connectivity index (χ0v) is 12.7. The Morgan fingerprint density at radius 2 is 1.95 bits per heavy atom. The molecule has 2 aromatic heterocycles. The van der Waals surface area contributed by atoms with E-state index in [2.05, 4.69) is 25.4 Å². The van der Waals surface area contributed by atoms with Crippen LogP contribution >= 0.6 is 0 Å². The fraction of sp³-hybridized carbons (Fsp3) is 0.462. The van der Waals surface area contributed by atoms with Crippen LogP contribution in [-0.4, -0.2) is 38.4 Å². The van der Waals surface area contributed by atoms with Gasteiger partial charge in [-0.2, -0.15) is 9.97 Å². The first-order valence-electron chi connectivity index (χ1n) is 6.96. The fourth-order valence-corrected chi connectivity index (χ4v) is 1.66. The van der Waals surface area contributed by atoms with Gasteiger partial charge in [-0.05, 0) is 13.3 Å². The number of anilines is 1. The van der Waals surface area contributed by atoms with Gasteiger partial charge in [0.05, 0.1) is 7.11 Å². The number of aromatic nitrogens is 5. The normalized spacial score (nSPS) is 10.3. The van der Waals surface area contributed by atoms with E-state index in [0.717, 1.165) is 6.42 Å². The zero-order valence-electron chi connectivity index (χ0n) is 12.7. The lowest BCUT2D eigenvalue weighted by Crippen LogP contribution is -2.21. The summed E-state index contributed by atoms with van der Waals surface area (Å²) in [6.45, 7) is 5.03. The second-order valence-electron chi connectivity index (χ2n) is 4.29. The molecular formula is C13H18N6O3. The topological polar surface area (TPSA) is 104 Å². The molecule has 0 bridgehead atoms. The van der Waals surface area contributed by atoms with E-state index in [0.29, 0.717) is 19.0 Å². The summed E-state index contributed by atoms with van der Waals surface area (Å²) in [5.41, 5.74) is -0.184. The van der Waals surface area contributed by atoms with Crippen molar-refractivity contribution in [2.24, 2.45) is 0 Å². The Bertz CT molecular complexity index is 688. The summed E-state index contributed by atoms with van der Waals surface area (Å²) in [6, 6.07) is 3.03. The van der Waals surface area contributed by atoms with Gasteiger partial charge in [-0.1, -0.05) is 6.92 Å². The van der Waals surface area contributed by atoms with Crippen LogP contribution in [0, 0.1) is 0 Å². The highest BCUT2D eigenvalue weighted by Gasteiger charge is 2.10. The Morgan fingerprint density at radius 1 is 1.18 bits per heavy atom. The first-order valence-corrected chi connectivity index (χ1v) is 6.96. The number of hydrogen-bond donors (Lipinski definition) is 1. The van der Waals surface area contributed by atoms with Crippen molar-refractivity contribution in [1.29, 1.82) is 0 Å². The highest BCUT2D eigenvalue weighted by atomic mass is 16.5. The van der Waals surface area contributed by atoms with Crippen molar-refractivity contribution < 1.29 is 9.47 Å². The van der Waals surface area contributed by atoms with Crippen LogP contribution in [0.2, 0.25) is 0 Å². The maximum atomic E-state index is 11.6. The largest absolute Gasteiger partial charge is 0.467 e. The molecule has 0 unspecified atom stereocenters. The van der Waals surface area contributed by atoms with Crippen LogP contribution in [0.25, 0.3) is 0 Å². The third kappa shape index (κ3) is 3.90. The van der Waals surface area contributed by atoms with E-state index < -0.39 is 0 Å². The van der Waals surface area contributed by atoms with E-state index in [-0.39, 0.29) is 23.5 Å². The van der Waals surface area contributed by atoms with Crippen LogP contribution in [0.15, 0.2) is 16.9 Å². The van der Waals surface area contributed by atoms with Gasteiger partial charge in [0.25, 0.3) is 5.56 Å². The van der Waals surface area contributed by atoms with Crippen LogP contribution in [0.4, 0.5) is 5.95 Å². The molecule has 9 nitrogen and oxygen atoms in total. The molecule has 118 valence electrons. The molecule has 0 aliphatic rings. The summed E-state index contributed by atoms with van der Waals surface area (Å²) in [4.78, 5) is 23.8. The quantitative estimate of drug-likeness (QED) is 0.810. The number of ether oxygens (including phenoxy) is 2. The molecule has 2 rings (SSSR count). The van der Waals surface area contributed by atoms with Gasteiger partial charge in [-0.15, -0.1) is 10.1 Å². The van der Waals surface area contributed by atoms with Crippen molar-refractivity contribution in [3.63, 3.8) is 0 Å². The number of nitrogens with one attached hydrogen (secondary N) is 1. The third-order valence-electron chi connectivity index (χ3n) is 2.59. The van der Waals surface area contributed by atoms with Crippen molar-refractivity contribution in [1.82, 2.24) is 24.7 Å². The molecule has 22 heavy (non-hydrogen) atoms. The molecule has 2 heterocycles. The molecule has 0 saturated heterocycles. The second-order valence-corrected chi connectivity index (χ2v) is 4.29. The van der Waals surface area contributed by atoms with Gasteiger partial charge < -0.3 is 14.8 Å². The SMILES string of the molecule is CCCn1nc(Oc2nc(NCC)nc(OC)n2)ccc1=O. The van der Waals surface area contributed by atoms with Gasteiger partial charge in [-0.25, -0.2) is 4.68 Å². The predicted octanol–water partition coefficient (Wildman–Crippen LogP) is 1.07. The summed E-state index contributed by atoms with van der Waals surface area (Å²) in [6.07, 6.45) is 0.792. The Balaban J connectivity index is 2.27. The van der Waals surface area contributed by atoms with E-state index in [9.17, 15) is 4.79 Å². The number of nitrogens with zero attached hydrogens (tertiary/aromatic N) is 5. The van der Waals surface area contributed by atoms with Crippen molar-refractivity contribution in [2.75, 3.05) is 19.0 Å². The maximum absolute atomic E-state index is 11.6. The van der Waals surface area contributed by atoms with Crippen molar-refractivity contribution in [3.8, 4) is 17.9 Å². The van der Waals surface area contributed by atoms with Gasteiger partial charge >= 0.3 is 12.0 Å². The van der Waals surface area contributed by atoms with E-state index in [1.807, 2.05) is 13.8 Å². The van der Waals surface area contributed by atoms with Crippen LogP contribution < -0.4 is 20.3 Å². The Hall–Kier alpha value is -2.71. The smallest absolute Gasteiger partial charge is 0.331 e. The standard InChI is InChI=1S/C13H18N6O3/c1-4-8-19-10(20)7-6-9(18-19)22-13-16-11(14-5-2)15-12(17-13)21-3/h6-7H,4-5,8H2,1-3H3,(H,14,15,16,17). The molecule has 9 heteroatoms. The van der Waals surface area contributed by atoms with Gasteiger partial charge in [0.2, 0.25) is 11.8 Å². The van der Waals surface area contributed by atoms with Gasteiger partial charge in [0, 0.05) is 25.2 Å². The van der Waals surface area contributed by atoms with Crippen LogP contribution in [0.1, 0.15) is 20.3 Å². The minimum Gasteiger partial charge on any atom is -0.467 e. The fourth-order valence-electron chi connectivity index (χ4n) is 1.66. The second kappa shape index (κ2) is 7.34. The zero-order chi connectivity index (χ0) is 15.9. The van der Waals surface area contributed by atoms with E-state index in [1.165, 1.54) is 23.9 Å². The average Bonchev–Trinajstić information content (AvgIpc) is 2.51. The van der Waals surface area contributed by atoms with E-state index >= 15 is 0 Å². The molecule has 0 aromatic carbocycles. The highest BCUT2D eigenvalue weighted by Crippen LogP contribution is 2.17. The molecule has 0 aliphatic heterocycles. The molecule has 0 spiro atoms. The third-order valence-corrected chi connectivity index (χ3v) is 2.59. The first kappa shape index (κ1) is 15.7. The van der Waals surface area contributed by atoms with E-state index in [4.69, 9.17) is 9.47 Å². The lowest BCUT2D eigenvalue weighted by Gasteiger charge is -2.08. The van der Waals surface area contributed by atoms with Gasteiger partial charge in [-0.3, -0.25) is 4.79 Å². The Kier molecular flexibility index (Phi) is 5.23. The van der Waals surface area contributed by atoms with Crippen molar-refractivity contribution >= 4 is 5.95 Å². The van der Waals surface area contributed by atoms with Gasteiger partial charge in [0.15, 0.2) is 0 Å². The first-order chi connectivity index (χ1) is 10.7. The molecule has 0 atom stereocenters. The lowest BCUT2D eigenvalue weighted by molar-refractivity contribution is 0.352. The maximum Gasteiger partial charge on any atom is 0.331 e. The summed E-state index contributed by atoms with van der Waals surface area (Å²) in [5.74, 6) is 0.565. The Morgan fingerprint density at radius 3 is 2.64 bits per heavy atom. The Labute approximate surface area is 127 Å². The molecule has 0 amide bonds. The van der Waals surface area contributed by atoms with Crippen LogP contribution in [0.5, 0.6) is 17.9 Å². The predicted molar refractivity (Wildman–Crippen MR) is 79.4 cm³/mol. The molecule has 0 radical (unpaired) electrons. The minimum absolute atomic E-state index is 0.0389. The van der Waals surface area contributed by atoms with Crippen molar-refractivity contribution in [3.05, 3.63) is 22.5 Å². The minimum atomic E-state index is -0.184. The number of methoxy groups -OCH3 is 1. The summed E-state index contributed by atoms with van der Waals surface area (Å²) in [7, 11) is 1.45. The summed E-state index contributed by atoms with van der Waals surface area (Å²) < 4.78 is 11.8. The number of rotatable bonds is 7. The monoisotopic (exact) mass is 306 g/mol. The molecule has 0 aliphatic carbocycles. The highest BCUT2D eigenvalue weighted by molar-refractivity contribution is 5.28. The molecule has 1 N–H and O–H groups in total. The van der Waals surface area contributed by atoms with E-state index in [1.54, 1.807) is 0 Å². The molecule has 2 aromatic rings. The van der Waals surface area contributed by atoms with Gasteiger partial charge in [0.1, 0.15) is 0 Å². The molecular weight excluding hydrogens is 288 g/mol. The van der Waals surface area contributed by atoms with Crippen molar-refractivity contribution in [2.45, 2.75) is 26.8 Å². The summed E-state index contributed by atoms with van der Waals surface area (Å²) >= 11 is 0. The van der Waals surface area contributed by atoms with Crippen LogP contribution in [-0.2, 0) is 6.54 Å². The lowest BCUT2D eigenvalue weighted by atomic mass is 10.5.